The number of halogens is 1. The first-order valence-corrected chi connectivity index (χ1v) is 11.7. The summed E-state index contributed by atoms with van der Waals surface area (Å²) in [5.41, 5.74) is 4.13. The van der Waals surface area contributed by atoms with Crippen molar-refractivity contribution in [2.75, 3.05) is 13.1 Å². The van der Waals surface area contributed by atoms with Gasteiger partial charge in [0.15, 0.2) is 0 Å². The van der Waals surface area contributed by atoms with Gasteiger partial charge in [-0.15, -0.1) is 0 Å². The van der Waals surface area contributed by atoms with E-state index in [9.17, 15) is 12.8 Å². The standard InChI is InChI=1S/C23H26FN3O2S/c1-26-12-5-10-22(26)23(27-13-11-19-7-2-3-8-20(19)16-27)15-25-30(28,29)17-18-6-4-9-21(24)14-18/h2-10,12,14,23,25H,11,13,15-17H2,1H3. The van der Waals surface area contributed by atoms with E-state index in [1.165, 1.54) is 29.3 Å². The highest BCUT2D eigenvalue weighted by Crippen LogP contribution is 2.28. The number of aromatic nitrogens is 1. The predicted octanol–water partition coefficient (Wildman–Crippen LogP) is 3.38. The largest absolute Gasteiger partial charge is 0.353 e. The Hall–Kier alpha value is -2.48. The highest BCUT2D eigenvalue weighted by molar-refractivity contribution is 7.88. The zero-order valence-corrected chi connectivity index (χ0v) is 17.8. The van der Waals surface area contributed by atoms with Crippen molar-refractivity contribution >= 4 is 10.0 Å². The molecule has 0 amide bonds. The fourth-order valence-electron chi connectivity index (χ4n) is 4.13. The molecule has 1 unspecified atom stereocenters. The Bertz CT molecular complexity index is 1130. The van der Waals surface area contributed by atoms with E-state index in [0.717, 1.165) is 25.2 Å². The SMILES string of the molecule is Cn1cccc1C(CNS(=O)(=O)Cc1cccc(F)c1)N1CCc2ccccc2C1. The first kappa shape index (κ1) is 20.8. The van der Waals surface area contributed by atoms with Gasteiger partial charge >= 0.3 is 0 Å². The Morgan fingerprint density at radius 1 is 1.07 bits per heavy atom. The second-order valence-corrected chi connectivity index (χ2v) is 9.59. The summed E-state index contributed by atoms with van der Waals surface area (Å²) in [5, 5.41) is 0. The summed E-state index contributed by atoms with van der Waals surface area (Å²) in [6.07, 6.45) is 2.91. The van der Waals surface area contributed by atoms with Gasteiger partial charge in [0.05, 0.1) is 11.8 Å². The molecule has 0 bridgehead atoms. The highest BCUT2D eigenvalue weighted by Gasteiger charge is 2.27. The van der Waals surface area contributed by atoms with E-state index in [1.807, 2.05) is 36.0 Å². The maximum Gasteiger partial charge on any atom is 0.215 e. The van der Waals surface area contributed by atoms with Crippen LogP contribution in [-0.4, -0.2) is 31.0 Å². The lowest BCUT2D eigenvalue weighted by molar-refractivity contribution is 0.174. The van der Waals surface area contributed by atoms with Crippen LogP contribution >= 0.6 is 0 Å². The van der Waals surface area contributed by atoms with Crippen LogP contribution in [-0.2, 0) is 35.8 Å². The van der Waals surface area contributed by atoms with Crippen molar-refractivity contribution in [1.29, 1.82) is 0 Å². The molecule has 0 fully saturated rings. The summed E-state index contributed by atoms with van der Waals surface area (Å²) in [5.74, 6) is -0.677. The van der Waals surface area contributed by atoms with E-state index in [-0.39, 0.29) is 18.3 Å². The molecular formula is C23H26FN3O2S. The van der Waals surface area contributed by atoms with E-state index in [2.05, 4.69) is 27.8 Å². The average molecular weight is 428 g/mol. The van der Waals surface area contributed by atoms with Crippen molar-refractivity contribution in [3.63, 3.8) is 0 Å². The number of nitrogens with zero attached hydrogens (tertiary/aromatic N) is 2. The van der Waals surface area contributed by atoms with Crippen molar-refractivity contribution in [2.45, 2.75) is 24.8 Å². The molecule has 0 saturated heterocycles. The molecule has 1 aliphatic heterocycles. The Morgan fingerprint density at radius 2 is 1.87 bits per heavy atom. The summed E-state index contributed by atoms with van der Waals surface area (Å²) in [7, 11) is -1.63. The molecule has 0 spiro atoms. The molecule has 0 saturated carbocycles. The van der Waals surface area contributed by atoms with Gasteiger partial charge in [0, 0.05) is 38.6 Å². The number of hydrogen-bond donors (Lipinski definition) is 1. The van der Waals surface area contributed by atoms with E-state index in [0.29, 0.717) is 5.56 Å². The van der Waals surface area contributed by atoms with E-state index < -0.39 is 15.8 Å². The van der Waals surface area contributed by atoms with Gasteiger partial charge in [0.25, 0.3) is 0 Å². The number of rotatable bonds is 7. The molecule has 30 heavy (non-hydrogen) atoms. The van der Waals surface area contributed by atoms with Gasteiger partial charge in [-0.25, -0.2) is 17.5 Å². The number of aryl methyl sites for hydroxylation is 1. The number of hydrogen-bond acceptors (Lipinski definition) is 3. The fraction of sp³-hybridized carbons (Fsp3) is 0.304. The molecule has 4 rings (SSSR count). The molecular weight excluding hydrogens is 401 g/mol. The quantitative estimate of drug-likeness (QED) is 0.629. The van der Waals surface area contributed by atoms with Crippen molar-refractivity contribution in [2.24, 2.45) is 7.05 Å². The lowest BCUT2D eigenvalue weighted by Crippen LogP contribution is -2.41. The van der Waals surface area contributed by atoms with Crippen molar-refractivity contribution in [1.82, 2.24) is 14.2 Å². The Morgan fingerprint density at radius 3 is 2.60 bits per heavy atom. The zero-order chi connectivity index (χ0) is 21.1. The molecule has 3 aromatic rings. The lowest BCUT2D eigenvalue weighted by atomic mass is 9.98. The van der Waals surface area contributed by atoms with E-state index in [4.69, 9.17) is 0 Å². The van der Waals surface area contributed by atoms with Gasteiger partial charge in [-0.3, -0.25) is 4.90 Å². The summed E-state index contributed by atoms with van der Waals surface area (Å²) >= 11 is 0. The van der Waals surface area contributed by atoms with Crippen LogP contribution < -0.4 is 4.72 Å². The minimum atomic E-state index is -3.60. The summed E-state index contributed by atoms with van der Waals surface area (Å²) in [4.78, 5) is 2.32. The lowest BCUT2D eigenvalue weighted by Gasteiger charge is -2.36. The molecule has 5 nitrogen and oxygen atoms in total. The molecule has 158 valence electrons. The zero-order valence-electron chi connectivity index (χ0n) is 17.0. The normalized spacial score (nSPS) is 15.7. The van der Waals surface area contributed by atoms with Crippen LogP contribution in [0.2, 0.25) is 0 Å². The Balaban J connectivity index is 1.52. The molecule has 7 heteroatoms. The molecule has 2 aromatic carbocycles. The van der Waals surface area contributed by atoms with Crippen molar-refractivity contribution in [3.8, 4) is 0 Å². The predicted molar refractivity (Wildman–Crippen MR) is 116 cm³/mol. The van der Waals surface area contributed by atoms with Gasteiger partial charge in [-0.05, 0) is 47.4 Å². The maximum atomic E-state index is 13.4. The number of fused-ring (bicyclic) bond motifs is 1. The molecule has 1 aliphatic rings. The Kier molecular flexibility index (Phi) is 6.04. The highest BCUT2D eigenvalue weighted by atomic mass is 32.2. The molecule has 1 atom stereocenters. The van der Waals surface area contributed by atoms with Gasteiger partial charge < -0.3 is 4.57 Å². The summed E-state index contributed by atoms with van der Waals surface area (Å²) in [6.45, 7) is 1.90. The Labute approximate surface area is 177 Å². The first-order valence-electron chi connectivity index (χ1n) is 10.0. The third-order valence-corrected chi connectivity index (χ3v) is 6.99. The van der Waals surface area contributed by atoms with Crippen LogP contribution in [0.3, 0.4) is 0 Å². The second kappa shape index (κ2) is 8.71. The topological polar surface area (TPSA) is 54.3 Å². The van der Waals surface area contributed by atoms with Crippen LogP contribution in [0, 0.1) is 5.82 Å². The molecule has 1 N–H and O–H groups in total. The van der Waals surface area contributed by atoms with Crippen LogP contribution in [0.4, 0.5) is 4.39 Å². The minimum absolute atomic E-state index is 0.0966. The molecule has 2 heterocycles. The van der Waals surface area contributed by atoms with Gasteiger partial charge in [-0.1, -0.05) is 36.4 Å². The van der Waals surface area contributed by atoms with E-state index >= 15 is 0 Å². The van der Waals surface area contributed by atoms with Crippen molar-refractivity contribution < 1.29 is 12.8 Å². The third kappa shape index (κ3) is 4.80. The second-order valence-electron chi connectivity index (χ2n) is 7.79. The molecule has 0 radical (unpaired) electrons. The van der Waals surface area contributed by atoms with Gasteiger partial charge in [-0.2, -0.15) is 0 Å². The van der Waals surface area contributed by atoms with Crippen molar-refractivity contribution in [3.05, 3.63) is 95.1 Å². The summed E-state index contributed by atoms with van der Waals surface area (Å²) in [6, 6.07) is 18.0. The van der Waals surface area contributed by atoms with Crippen LogP contribution in [0.15, 0.2) is 66.9 Å². The monoisotopic (exact) mass is 427 g/mol. The van der Waals surface area contributed by atoms with Crippen LogP contribution in [0.25, 0.3) is 0 Å². The average Bonchev–Trinajstić information content (AvgIpc) is 3.13. The van der Waals surface area contributed by atoms with Gasteiger partial charge in [0.1, 0.15) is 5.82 Å². The number of benzene rings is 2. The third-order valence-electron chi connectivity index (χ3n) is 5.67. The van der Waals surface area contributed by atoms with Gasteiger partial charge in [0.2, 0.25) is 10.0 Å². The smallest absolute Gasteiger partial charge is 0.215 e. The van der Waals surface area contributed by atoms with E-state index in [1.54, 1.807) is 6.07 Å². The van der Waals surface area contributed by atoms with Crippen LogP contribution in [0.1, 0.15) is 28.4 Å². The number of nitrogens with one attached hydrogen (secondary N) is 1. The first-order chi connectivity index (χ1) is 14.4. The summed E-state index contributed by atoms with van der Waals surface area (Å²) < 4.78 is 43.6. The molecule has 0 aliphatic carbocycles. The minimum Gasteiger partial charge on any atom is -0.353 e. The number of sulfonamides is 1. The molecule has 1 aromatic heterocycles. The maximum absolute atomic E-state index is 13.4. The van der Waals surface area contributed by atoms with Crippen LogP contribution in [0.5, 0.6) is 0 Å². The fourth-order valence-corrected chi connectivity index (χ4v) is 5.26.